The van der Waals surface area contributed by atoms with Gasteiger partial charge in [-0.25, -0.2) is 4.79 Å². The van der Waals surface area contributed by atoms with Crippen LogP contribution < -0.4 is 10.6 Å². The second kappa shape index (κ2) is 12.8. The van der Waals surface area contributed by atoms with Gasteiger partial charge in [-0.15, -0.1) is 24.0 Å². The van der Waals surface area contributed by atoms with E-state index in [1.54, 1.807) is 11.9 Å². The third-order valence-corrected chi connectivity index (χ3v) is 5.20. The Hall–Kier alpha value is -0.810. The fourth-order valence-corrected chi connectivity index (χ4v) is 3.43. The van der Waals surface area contributed by atoms with Crippen molar-refractivity contribution in [3.8, 4) is 0 Å². The quantitative estimate of drug-likeness (QED) is 0.229. The number of likely N-dealkylation sites (N-methyl/N-ethyl adjacent to an activating group) is 1. The van der Waals surface area contributed by atoms with Crippen LogP contribution in [0.4, 0.5) is 4.79 Å². The van der Waals surface area contributed by atoms with Crippen molar-refractivity contribution in [2.45, 2.75) is 52.2 Å². The Bertz CT molecular complexity index is 512. The number of hydrogen-bond acceptors (Lipinski definition) is 5. The zero-order chi connectivity index (χ0) is 20.6. The number of guanidine groups is 1. The molecule has 0 saturated carbocycles. The van der Waals surface area contributed by atoms with Gasteiger partial charge in [-0.3, -0.25) is 4.99 Å². The number of hydrogen-bond donors (Lipinski definition) is 2. The van der Waals surface area contributed by atoms with Gasteiger partial charge in [0.1, 0.15) is 5.60 Å². The summed E-state index contributed by atoms with van der Waals surface area (Å²) in [5.74, 6) is 0.811. The van der Waals surface area contributed by atoms with Gasteiger partial charge in [0, 0.05) is 52.9 Å². The molecule has 0 spiro atoms. The molecule has 2 saturated heterocycles. The minimum absolute atomic E-state index is 0. The van der Waals surface area contributed by atoms with Crippen LogP contribution in [0.5, 0.6) is 0 Å². The highest BCUT2D eigenvalue weighted by atomic mass is 127. The van der Waals surface area contributed by atoms with E-state index in [1.165, 1.54) is 45.7 Å². The standard InChI is InChI=1S/C20H40N6O2.HI/c1-6-24-11-13-25(14-12-24)10-8-7-9-22-18(21-5)23-17-15-26(16-17)19(27)28-20(2,3)4;/h17H,6-16H2,1-5H3,(H2,21,22,23);1H. The third kappa shape index (κ3) is 9.69. The van der Waals surface area contributed by atoms with Crippen LogP contribution in [-0.4, -0.2) is 104 Å². The molecule has 1 amide bonds. The largest absolute Gasteiger partial charge is 0.444 e. The molecule has 170 valence electrons. The number of nitrogens with one attached hydrogen (secondary N) is 2. The van der Waals surface area contributed by atoms with Gasteiger partial charge in [0.15, 0.2) is 5.96 Å². The number of likely N-dealkylation sites (tertiary alicyclic amines) is 1. The molecule has 2 aliphatic rings. The van der Waals surface area contributed by atoms with E-state index in [-0.39, 0.29) is 36.1 Å². The number of rotatable bonds is 7. The molecule has 0 aromatic carbocycles. The van der Waals surface area contributed by atoms with Crippen LogP contribution in [0.15, 0.2) is 4.99 Å². The molecule has 0 bridgehead atoms. The Kier molecular flexibility index (Phi) is 11.6. The van der Waals surface area contributed by atoms with Crippen molar-refractivity contribution in [3.05, 3.63) is 0 Å². The molecule has 0 aromatic rings. The molecule has 2 fully saturated rings. The Labute approximate surface area is 193 Å². The van der Waals surface area contributed by atoms with Gasteiger partial charge in [0.2, 0.25) is 0 Å². The van der Waals surface area contributed by atoms with E-state index in [4.69, 9.17) is 4.74 Å². The summed E-state index contributed by atoms with van der Waals surface area (Å²) < 4.78 is 5.38. The highest BCUT2D eigenvalue weighted by Gasteiger charge is 2.34. The molecule has 2 rings (SSSR count). The molecule has 0 atom stereocenters. The van der Waals surface area contributed by atoms with Gasteiger partial charge in [-0.1, -0.05) is 6.92 Å². The van der Waals surface area contributed by atoms with Crippen LogP contribution in [0.25, 0.3) is 0 Å². The lowest BCUT2D eigenvalue weighted by Crippen LogP contribution is -2.63. The lowest BCUT2D eigenvalue weighted by atomic mass is 10.1. The molecule has 0 aromatic heterocycles. The van der Waals surface area contributed by atoms with Gasteiger partial charge in [0.05, 0.1) is 6.04 Å². The fraction of sp³-hybridized carbons (Fsp3) is 0.900. The first-order valence-corrected chi connectivity index (χ1v) is 10.7. The number of unbranched alkanes of at least 4 members (excludes halogenated alkanes) is 1. The number of amides is 1. The zero-order valence-corrected chi connectivity index (χ0v) is 21.2. The van der Waals surface area contributed by atoms with E-state index in [9.17, 15) is 4.79 Å². The number of aliphatic imine (C=N–C) groups is 1. The van der Waals surface area contributed by atoms with E-state index < -0.39 is 5.60 Å². The highest BCUT2D eigenvalue weighted by Crippen LogP contribution is 2.15. The number of carbonyl (C=O) groups excluding carboxylic acids is 1. The van der Waals surface area contributed by atoms with Gasteiger partial charge < -0.3 is 30.1 Å². The van der Waals surface area contributed by atoms with E-state index in [1.807, 2.05) is 20.8 Å². The zero-order valence-electron chi connectivity index (χ0n) is 18.9. The Morgan fingerprint density at radius 3 is 2.28 bits per heavy atom. The molecule has 2 heterocycles. The fourth-order valence-electron chi connectivity index (χ4n) is 3.43. The molecule has 0 aliphatic carbocycles. The van der Waals surface area contributed by atoms with E-state index in [0.717, 1.165) is 18.9 Å². The van der Waals surface area contributed by atoms with Crippen LogP contribution in [0, 0.1) is 0 Å². The summed E-state index contributed by atoms with van der Waals surface area (Å²) in [6.07, 6.45) is 2.09. The lowest BCUT2D eigenvalue weighted by molar-refractivity contribution is 0.00701. The number of carbonyl (C=O) groups is 1. The predicted octanol–water partition coefficient (Wildman–Crippen LogP) is 1.81. The van der Waals surface area contributed by atoms with Crippen molar-refractivity contribution >= 4 is 36.0 Å². The minimum Gasteiger partial charge on any atom is -0.444 e. The van der Waals surface area contributed by atoms with E-state index in [2.05, 4.69) is 32.3 Å². The number of halogens is 1. The number of nitrogens with zero attached hydrogens (tertiary/aromatic N) is 4. The van der Waals surface area contributed by atoms with Crippen molar-refractivity contribution < 1.29 is 9.53 Å². The van der Waals surface area contributed by atoms with Gasteiger partial charge >= 0.3 is 6.09 Å². The van der Waals surface area contributed by atoms with Crippen molar-refractivity contribution in [2.24, 2.45) is 4.99 Å². The van der Waals surface area contributed by atoms with Gasteiger partial charge in [0.25, 0.3) is 0 Å². The smallest absolute Gasteiger partial charge is 0.410 e. The molecule has 9 heteroatoms. The van der Waals surface area contributed by atoms with E-state index >= 15 is 0 Å². The maximum Gasteiger partial charge on any atom is 0.410 e. The second-order valence-corrected chi connectivity index (χ2v) is 8.71. The average Bonchev–Trinajstić information content (AvgIpc) is 2.61. The first-order chi connectivity index (χ1) is 13.3. The summed E-state index contributed by atoms with van der Waals surface area (Å²) in [7, 11) is 1.78. The van der Waals surface area contributed by atoms with E-state index in [0.29, 0.717) is 13.1 Å². The third-order valence-electron chi connectivity index (χ3n) is 5.20. The molecular weight excluding hydrogens is 483 g/mol. The Morgan fingerprint density at radius 1 is 1.10 bits per heavy atom. The topological polar surface area (TPSA) is 72.4 Å². The molecule has 2 aliphatic heterocycles. The van der Waals surface area contributed by atoms with Gasteiger partial charge in [-0.05, 0) is 46.7 Å². The number of ether oxygens (including phenoxy) is 1. The first kappa shape index (κ1) is 26.2. The minimum atomic E-state index is -0.448. The first-order valence-electron chi connectivity index (χ1n) is 10.7. The van der Waals surface area contributed by atoms with Crippen molar-refractivity contribution in [2.75, 3.05) is 66.0 Å². The molecule has 0 radical (unpaired) electrons. The summed E-state index contributed by atoms with van der Waals surface area (Å²) in [6.45, 7) is 17.3. The predicted molar refractivity (Wildman–Crippen MR) is 129 cm³/mol. The summed E-state index contributed by atoms with van der Waals surface area (Å²) in [4.78, 5) is 23.1. The van der Waals surface area contributed by atoms with Crippen LogP contribution in [0.1, 0.15) is 40.5 Å². The lowest BCUT2D eigenvalue weighted by Gasteiger charge is -2.40. The molecule has 8 nitrogen and oxygen atoms in total. The Balaban J connectivity index is 0.00000420. The van der Waals surface area contributed by atoms with Gasteiger partial charge in [-0.2, -0.15) is 0 Å². The summed E-state index contributed by atoms with van der Waals surface area (Å²) in [5, 5.41) is 6.76. The Morgan fingerprint density at radius 2 is 1.72 bits per heavy atom. The molecule has 2 N–H and O–H groups in total. The summed E-state index contributed by atoms with van der Waals surface area (Å²) >= 11 is 0. The maximum absolute atomic E-state index is 12.0. The van der Waals surface area contributed by atoms with Crippen molar-refractivity contribution in [1.29, 1.82) is 0 Å². The monoisotopic (exact) mass is 524 g/mol. The summed E-state index contributed by atoms with van der Waals surface area (Å²) in [6, 6.07) is 0.230. The van der Waals surface area contributed by atoms with Crippen LogP contribution >= 0.6 is 24.0 Å². The SMILES string of the molecule is CCN1CCN(CCCCNC(=NC)NC2CN(C(=O)OC(C)(C)C)C2)CC1.I. The number of piperazine rings is 1. The van der Waals surface area contributed by atoms with Crippen LogP contribution in [0.2, 0.25) is 0 Å². The van der Waals surface area contributed by atoms with Crippen LogP contribution in [0.3, 0.4) is 0 Å². The van der Waals surface area contributed by atoms with Crippen molar-refractivity contribution in [3.63, 3.8) is 0 Å². The van der Waals surface area contributed by atoms with Crippen LogP contribution in [-0.2, 0) is 4.74 Å². The van der Waals surface area contributed by atoms with Crippen molar-refractivity contribution in [1.82, 2.24) is 25.3 Å². The summed E-state index contributed by atoms with van der Waals surface area (Å²) in [5.41, 5.74) is -0.448. The molecular formula is C20H41IN6O2. The highest BCUT2D eigenvalue weighted by molar-refractivity contribution is 14.0. The molecule has 0 unspecified atom stereocenters. The normalized spacial score (nSPS) is 19.3. The average molecular weight is 524 g/mol. The second-order valence-electron chi connectivity index (χ2n) is 8.71. The maximum atomic E-state index is 12.0. The molecule has 29 heavy (non-hydrogen) atoms.